The molecule has 6 heteroatoms. The molecule has 1 N–H and O–H groups in total. The predicted molar refractivity (Wildman–Crippen MR) is 114 cm³/mol. The van der Waals surface area contributed by atoms with Crippen LogP contribution >= 0.6 is 0 Å². The van der Waals surface area contributed by atoms with Gasteiger partial charge in [-0.25, -0.2) is 4.39 Å². The molecule has 3 atom stereocenters. The van der Waals surface area contributed by atoms with Gasteiger partial charge in [0.05, 0.1) is 14.2 Å². The van der Waals surface area contributed by atoms with E-state index in [0.29, 0.717) is 11.5 Å². The van der Waals surface area contributed by atoms with Crippen LogP contribution < -0.4 is 14.8 Å². The number of fused-ring (bicyclic) bond motifs is 1. The Bertz CT molecular complexity index is 934. The number of nitrogens with zero attached hydrogens (tertiary/aromatic N) is 1. The lowest BCUT2D eigenvalue weighted by Crippen LogP contribution is -2.47. The van der Waals surface area contributed by atoms with E-state index < -0.39 is 5.82 Å². The minimum Gasteiger partial charge on any atom is -0.493 e. The molecule has 2 aromatic carbocycles. The topological polar surface area (TPSA) is 50.8 Å². The third kappa shape index (κ3) is 3.76. The molecular formula is C24H29FN2O3. The van der Waals surface area contributed by atoms with Crippen molar-refractivity contribution in [3.63, 3.8) is 0 Å². The van der Waals surface area contributed by atoms with Crippen molar-refractivity contribution >= 4 is 5.91 Å². The second kappa shape index (κ2) is 8.26. The van der Waals surface area contributed by atoms with Gasteiger partial charge >= 0.3 is 0 Å². The summed E-state index contributed by atoms with van der Waals surface area (Å²) >= 11 is 0. The van der Waals surface area contributed by atoms with Gasteiger partial charge in [-0.05, 0) is 68.1 Å². The van der Waals surface area contributed by atoms with E-state index in [1.54, 1.807) is 26.4 Å². The predicted octanol–water partition coefficient (Wildman–Crippen LogP) is 3.62. The number of hydrogen-bond acceptors (Lipinski definition) is 4. The third-order valence-electron chi connectivity index (χ3n) is 6.75. The van der Waals surface area contributed by atoms with Gasteiger partial charge in [-0.15, -0.1) is 0 Å². The lowest BCUT2D eigenvalue weighted by Gasteiger charge is -2.43. The summed E-state index contributed by atoms with van der Waals surface area (Å²) in [6.45, 7) is 1.97. The highest BCUT2D eigenvalue weighted by molar-refractivity contribution is 5.94. The van der Waals surface area contributed by atoms with Crippen LogP contribution in [-0.2, 0) is 5.41 Å². The van der Waals surface area contributed by atoms with Crippen molar-refractivity contribution in [2.45, 2.75) is 30.7 Å². The number of likely N-dealkylation sites (tertiary alicyclic amines) is 1. The van der Waals surface area contributed by atoms with Crippen molar-refractivity contribution < 1.29 is 18.7 Å². The van der Waals surface area contributed by atoms with Gasteiger partial charge in [0.1, 0.15) is 5.82 Å². The Hall–Kier alpha value is -2.60. The summed E-state index contributed by atoms with van der Waals surface area (Å²) in [5.74, 6) is 1.31. The molecule has 2 aliphatic rings. The molecule has 4 rings (SSSR count). The van der Waals surface area contributed by atoms with Crippen LogP contribution in [0.5, 0.6) is 11.5 Å². The molecule has 2 fully saturated rings. The summed E-state index contributed by atoms with van der Waals surface area (Å²) in [6.07, 6.45) is 2.77. The minimum absolute atomic E-state index is 0.0361. The van der Waals surface area contributed by atoms with Crippen LogP contribution in [0.15, 0.2) is 42.5 Å². The molecule has 1 heterocycles. The maximum atomic E-state index is 13.5. The van der Waals surface area contributed by atoms with E-state index in [0.717, 1.165) is 43.9 Å². The Balaban J connectivity index is 1.54. The molecule has 0 bridgehead atoms. The SMILES string of the molecule is COc1ccc([C@]23CC[C@H](NC(=O)c4cccc(F)c4)C[C@@H]2CN(C)C3)cc1OC. The number of nitrogens with one attached hydrogen (secondary N) is 1. The van der Waals surface area contributed by atoms with E-state index in [4.69, 9.17) is 9.47 Å². The molecule has 2 aromatic rings. The average molecular weight is 413 g/mol. The first-order chi connectivity index (χ1) is 14.4. The van der Waals surface area contributed by atoms with Crippen molar-refractivity contribution in [2.24, 2.45) is 5.92 Å². The second-order valence-corrected chi connectivity index (χ2v) is 8.57. The highest BCUT2D eigenvalue weighted by Gasteiger charge is 2.50. The maximum Gasteiger partial charge on any atom is 0.251 e. The Morgan fingerprint density at radius 2 is 1.97 bits per heavy atom. The number of ether oxygens (including phenoxy) is 2. The summed E-state index contributed by atoms with van der Waals surface area (Å²) in [4.78, 5) is 15.0. The van der Waals surface area contributed by atoms with Crippen LogP contribution in [0, 0.1) is 11.7 Å². The number of likely N-dealkylation sites (N-methyl/N-ethyl adjacent to an activating group) is 1. The van der Waals surface area contributed by atoms with Crippen LogP contribution in [-0.4, -0.2) is 51.2 Å². The van der Waals surface area contributed by atoms with Crippen LogP contribution in [0.25, 0.3) is 0 Å². The van der Waals surface area contributed by atoms with Crippen LogP contribution in [0.2, 0.25) is 0 Å². The molecule has 160 valence electrons. The van der Waals surface area contributed by atoms with Crippen molar-refractivity contribution in [3.8, 4) is 11.5 Å². The number of amides is 1. The fourth-order valence-corrected chi connectivity index (χ4v) is 5.35. The number of hydrogen-bond donors (Lipinski definition) is 1. The van der Waals surface area contributed by atoms with Gasteiger partial charge in [0.25, 0.3) is 5.91 Å². The van der Waals surface area contributed by atoms with Crippen LogP contribution in [0.3, 0.4) is 0 Å². The van der Waals surface area contributed by atoms with Gasteiger partial charge in [0.2, 0.25) is 0 Å². The van der Waals surface area contributed by atoms with Crippen LogP contribution in [0.1, 0.15) is 35.2 Å². The minimum atomic E-state index is -0.392. The molecule has 1 aliphatic heterocycles. The number of rotatable bonds is 5. The zero-order valence-electron chi connectivity index (χ0n) is 17.8. The van der Waals surface area contributed by atoms with Gasteiger partial charge in [-0.3, -0.25) is 4.79 Å². The summed E-state index contributed by atoms with van der Waals surface area (Å²) in [5, 5.41) is 3.13. The van der Waals surface area contributed by atoms with Crippen molar-refractivity contribution in [1.82, 2.24) is 10.2 Å². The largest absolute Gasteiger partial charge is 0.493 e. The Kier molecular flexibility index (Phi) is 5.69. The Morgan fingerprint density at radius 1 is 1.17 bits per heavy atom. The van der Waals surface area contributed by atoms with Gasteiger partial charge in [-0.2, -0.15) is 0 Å². The highest BCUT2D eigenvalue weighted by Crippen LogP contribution is 2.49. The fraction of sp³-hybridized carbons (Fsp3) is 0.458. The smallest absolute Gasteiger partial charge is 0.251 e. The number of halogens is 1. The molecule has 5 nitrogen and oxygen atoms in total. The van der Waals surface area contributed by atoms with Gasteiger partial charge < -0.3 is 19.7 Å². The number of benzene rings is 2. The Labute approximate surface area is 177 Å². The molecule has 1 saturated carbocycles. The first kappa shape index (κ1) is 20.7. The van der Waals surface area contributed by atoms with Crippen molar-refractivity contribution in [1.29, 1.82) is 0 Å². The van der Waals surface area contributed by atoms with E-state index in [9.17, 15) is 9.18 Å². The van der Waals surface area contributed by atoms with Crippen molar-refractivity contribution in [2.75, 3.05) is 34.4 Å². The lowest BCUT2D eigenvalue weighted by molar-refractivity contribution is 0.0904. The second-order valence-electron chi connectivity index (χ2n) is 8.57. The van der Waals surface area contributed by atoms with Gasteiger partial charge in [-0.1, -0.05) is 12.1 Å². The number of carbonyl (C=O) groups excluding carboxylic acids is 1. The summed E-state index contributed by atoms with van der Waals surface area (Å²) in [7, 11) is 5.46. The van der Waals surface area contributed by atoms with E-state index in [1.165, 1.54) is 17.7 Å². The molecule has 0 spiro atoms. The molecule has 0 radical (unpaired) electrons. The van der Waals surface area contributed by atoms with Gasteiger partial charge in [0, 0.05) is 30.1 Å². The number of methoxy groups -OCH3 is 2. The average Bonchev–Trinajstić information content (AvgIpc) is 3.09. The summed E-state index contributed by atoms with van der Waals surface area (Å²) in [6, 6.07) is 12.2. The zero-order valence-corrected chi connectivity index (χ0v) is 17.8. The van der Waals surface area contributed by atoms with E-state index in [1.807, 2.05) is 6.07 Å². The maximum absolute atomic E-state index is 13.5. The monoisotopic (exact) mass is 412 g/mol. The molecule has 1 saturated heterocycles. The third-order valence-corrected chi connectivity index (χ3v) is 6.75. The van der Waals surface area contributed by atoms with Crippen molar-refractivity contribution in [3.05, 3.63) is 59.4 Å². The standard InChI is InChI=1S/C24H29FN2O3/c1-27-14-18-12-20(26-23(28)16-5-4-6-19(25)11-16)9-10-24(18,15-27)17-7-8-21(29-2)22(13-17)30-3/h4-8,11,13,18,20H,9-10,12,14-15H2,1-3H3,(H,26,28)/t18-,20+,24-/m1/s1. The van der Waals surface area contributed by atoms with E-state index in [2.05, 4.69) is 29.4 Å². The first-order valence-electron chi connectivity index (χ1n) is 10.4. The summed E-state index contributed by atoms with van der Waals surface area (Å²) in [5.41, 5.74) is 1.67. The zero-order chi connectivity index (χ0) is 21.3. The summed E-state index contributed by atoms with van der Waals surface area (Å²) < 4.78 is 24.4. The highest BCUT2D eigenvalue weighted by atomic mass is 19.1. The van der Waals surface area contributed by atoms with E-state index in [-0.39, 0.29) is 17.4 Å². The molecule has 30 heavy (non-hydrogen) atoms. The van der Waals surface area contributed by atoms with Crippen LogP contribution in [0.4, 0.5) is 4.39 Å². The Morgan fingerprint density at radius 3 is 2.70 bits per heavy atom. The van der Waals surface area contributed by atoms with E-state index >= 15 is 0 Å². The molecule has 1 amide bonds. The van der Waals surface area contributed by atoms with Gasteiger partial charge in [0.15, 0.2) is 11.5 Å². The quantitative estimate of drug-likeness (QED) is 0.815. The molecule has 0 aromatic heterocycles. The molecule has 1 aliphatic carbocycles. The molecular weight excluding hydrogens is 383 g/mol. The first-order valence-corrected chi connectivity index (χ1v) is 10.4. The normalized spacial score (nSPS) is 26.1. The molecule has 0 unspecified atom stereocenters. The lowest BCUT2D eigenvalue weighted by atomic mass is 9.63. The fourth-order valence-electron chi connectivity index (χ4n) is 5.35. The number of carbonyl (C=O) groups is 1.